The van der Waals surface area contributed by atoms with Crippen molar-refractivity contribution in [1.29, 1.82) is 0 Å². The molecular formula is C17H18N2O2S. The topological polar surface area (TPSA) is 54.6 Å². The van der Waals surface area contributed by atoms with Gasteiger partial charge in [-0.3, -0.25) is 9.20 Å². The number of aliphatic carboxylic acids is 1. The van der Waals surface area contributed by atoms with E-state index in [4.69, 9.17) is 5.11 Å². The molecule has 22 heavy (non-hydrogen) atoms. The summed E-state index contributed by atoms with van der Waals surface area (Å²) in [6.45, 7) is 6.56. The van der Waals surface area contributed by atoms with Crippen LogP contribution in [0.1, 0.15) is 32.0 Å². The molecule has 0 bridgehead atoms. The Bertz CT molecular complexity index is 823. The average molecular weight is 314 g/mol. The molecule has 1 aromatic carbocycles. The molecule has 4 nitrogen and oxygen atoms in total. The Balaban J connectivity index is 1.96. The van der Waals surface area contributed by atoms with Gasteiger partial charge < -0.3 is 5.11 Å². The Kier molecular flexibility index (Phi) is 3.53. The number of benzene rings is 1. The van der Waals surface area contributed by atoms with Crippen molar-refractivity contribution in [3.05, 3.63) is 47.1 Å². The molecule has 0 saturated heterocycles. The summed E-state index contributed by atoms with van der Waals surface area (Å²) in [4.78, 5) is 16.3. The summed E-state index contributed by atoms with van der Waals surface area (Å²) in [5, 5.41) is 10.8. The van der Waals surface area contributed by atoms with E-state index in [2.05, 4.69) is 50.0 Å². The van der Waals surface area contributed by atoms with E-state index in [0.717, 1.165) is 21.9 Å². The zero-order valence-corrected chi connectivity index (χ0v) is 13.6. The molecule has 2 heterocycles. The van der Waals surface area contributed by atoms with Crippen molar-refractivity contribution < 1.29 is 9.90 Å². The van der Waals surface area contributed by atoms with Gasteiger partial charge in [0, 0.05) is 22.8 Å². The highest BCUT2D eigenvalue weighted by Crippen LogP contribution is 2.27. The molecule has 0 aliphatic heterocycles. The molecule has 1 N–H and O–H groups in total. The molecule has 5 heteroatoms. The fraction of sp³-hybridized carbons (Fsp3) is 0.294. The first-order chi connectivity index (χ1) is 10.3. The lowest BCUT2D eigenvalue weighted by Gasteiger charge is -2.18. The van der Waals surface area contributed by atoms with Crippen LogP contribution >= 0.6 is 11.3 Å². The number of hydrogen-bond donors (Lipinski definition) is 1. The minimum atomic E-state index is -0.829. The molecule has 0 amide bonds. The third-order valence-corrected chi connectivity index (χ3v) is 4.55. The van der Waals surface area contributed by atoms with E-state index in [-0.39, 0.29) is 11.8 Å². The summed E-state index contributed by atoms with van der Waals surface area (Å²) >= 11 is 1.47. The lowest BCUT2D eigenvalue weighted by atomic mass is 9.86. The van der Waals surface area contributed by atoms with Gasteiger partial charge in [0.2, 0.25) is 0 Å². The van der Waals surface area contributed by atoms with Crippen molar-refractivity contribution >= 4 is 22.3 Å². The van der Waals surface area contributed by atoms with Crippen LogP contribution in [0.15, 0.2) is 35.8 Å². The first-order valence-electron chi connectivity index (χ1n) is 7.13. The second-order valence-corrected chi connectivity index (χ2v) is 7.24. The van der Waals surface area contributed by atoms with Gasteiger partial charge in [0.15, 0.2) is 4.96 Å². The van der Waals surface area contributed by atoms with Crippen molar-refractivity contribution in [3.63, 3.8) is 0 Å². The van der Waals surface area contributed by atoms with Crippen LogP contribution in [0.25, 0.3) is 16.2 Å². The van der Waals surface area contributed by atoms with E-state index in [0.29, 0.717) is 0 Å². The molecule has 0 saturated carbocycles. The quantitative estimate of drug-likeness (QED) is 0.795. The molecule has 0 aliphatic carbocycles. The molecule has 3 aromatic rings. The second-order valence-electron chi connectivity index (χ2n) is 6.40. The van der Waals surface area contributed by atoms with Crippen molar-refractivity contribution in [3.8, 4) is 11.3 Å². The Morgan fingerprint density at radius 2 is 1.95 bits per heavy atom. The Labute approximate surface area is 133 Å². The van der Waals surface area contributed by atoms with Crippen molar-refractivity contribution in [2.24, 2.45) is 0 Å². The highest BCUT2D eigenvalue weighted by Gasteiger charge is 2.15. The van der Waals surface area contributed by atoms with Crippen LogP contribution in [0, 0.1) is 0 Å². The Morgan fingerprint density at radius 1 is 1.27 bits per heavy atom. The van der Waals surface area contributed by atoms with Gasteiger partial charge in [0.1, 0.15) is 0 Å². The van der Waals surface area contributed by atoms with Crippen LogP contribution in [0.2, 0.25) is 0 Å². The zero-order valence-electron chi connectivity index (χ0n) is 12.8. The number of carboxylic acids is 1. The summed E-state index contributed by atoms with van der Waals surface area (Å²) in [6, 6.07) is 8.40. The largest absolute Gasteiger partial charge is 0.481 e. The summed E-state index contributed by atoms with van der Waals surface area (Å²) in [7, 11) is 0. The molecule has 114 valence electrons. The Hall–Kier alpha value is -2.14. The number of fused-ring (bicyclic) bond motifs is 1. The van der Waals surface area contributed by atoms with Gasteiger partial charge in [-0.2, -0.15) is 0 Å². The summed E-state index contributed by atoms with van der Waals surface area (Å²) in [5.41, 5.74) is 4.09. The Morgan fingerprint density at radius 3 is 2.55 bits per heavy atom. The number of aromatic nitrogens is 2. The number of imidazole rings is 1. The lowest BCUT2D eigenvalue weighted by Crippen LogP contribution is -2.10. The predicted octanol–water partition coefficient (Wildman–Crippen LogP) is 3.99. The standard InChI is InChI=1S/C17H18N2O2S/c1-17(2,3)12-6-4-11(5-7-12)14-9-19-13(8-15(20)21)10-22-16(19)18-14/h4-7,9-10H,8H2,1-3H3,(H,20,21). The summed E-state index contributed by atoms with van der Waals surface area (Å²) in [5.74, 6) is -0.829. The second kappa shape index (κ2) is 5.25. The SMILES string of the molecule is CC(C)(C)c1ccc(-c2cn3c(CC(=O)O)csc3n2)cc1. The molecule has 0 atom stereocenters. The van der Waals surface area contributed by atoms with Gasteiger partial charge in [-0.15, -0.1) is 11.3 Å². The third-order valence-electron chi connectivity index (χ3n) is 3.66. The van der Waals surface area contributed by atoms with Gasteiger partial charge in [-0.1, -0.05) is 45.0 Å². The molecule has 2 aromatic heterocycles. The summed E-state index contributed by atoms with van der Waals surface area (Å²) < 4.78 is 1.87. The molecule has 3 rings (SSSR count). The first-order valence-corrected chi connectivity index (χ1v) is 8.01. The number of thiazole rings is 1. The van der Waals surface area contributed by atoms with Gasteiger partial charge >= 0.3 is 5.97 Å². The van der Waals surface area contributed by atoms with Gasteiger partial charge in [-0.25, -0.2) is 4.98 Å². The van der Waals surface area contributed by atoms with Crippen molar-refractivity contribution in [2.45, 2.75) is 32.6 Å². The fourth-order valence-corrected chi connectivity index (χ4v) is 3.26. The average Bonchev–Trinajstić information content (AvgIpc) is 3.00. The molecule has 0 spiro atoms. The minimum Gasteiger partial charge on any atom is -0.481 e. The number of rotatable bonds is 3. The molecule has 0 fully saturated rings. The van der Waals surface area contributed by atoms with Crippen LogP contribution in [0.3, 0.4) is 0 Å². The number of nitrogens with zero attached hydrogens (tertiary/aromatic N) is 2. The highest BCUT2D eigenvalue weighted by atomic mass is 32.1. The van der Waals surface area contributed by atoms with Gasteiger partial charge in [0.25, 0.3) is 0 Å². The van der Waals surface area contributed by atoms with Crippen LogP contribution in [-0.4, -0.2) is 20.5 Å². The first kappa shape index (κ1) is 14.8. The van der Waals surface area contributed by atoms with E-state index in [1.165, 1.54) is 16.9 Å². The monoisotopic (exact) mass is 314 g/mol. The molecule has 0 aliphatic rings. The molecule has 0 unspecified atom stereocenters. The van der Waals surface area contributed by atoms with Crippen molar-refractivity contribution in [1.82, 2.24) is 9.38 Å². The van der Waals surface area contributed by atoms with E-state index in [9.17, 15) is 4.79 Å². The van der Waals surface area contributed by atoms with E-state index in [1.54, 1.807) is 0 Å². The van der Waals surface area contributed by atoms with Crippen molar-refractivity contribution in [2.75, 3.05) is 0 Å². The lowest BCUT2D eigenvalue weighted by molar-refractivity contribution is -0.136. The summed E-state index contributed by atoms with van der Waals surface area (Å²) in [6.07, 6.45) is 1.93. The van der Waals surface area contributed by atoms with E-state index in [1.807, 2.05) is 16.0 Å². The predicted molar refractivity (Wildman–Crippen MR) is 88.5 cm³/mol. The van der Waals surface area contributed by atoms with Crippen LogP contribution in [0.4, 0.5) is 0 Å². The maximum absolute atomic E-state index is 10.9. The number of carbonyl (C=O) groups is 1. The van der Waals surface area contributed by atoms with Crippen LogP contribution in [-0.2, 0) is 16.6 Å². The van der Waals surface area contributed by atoms with E-state index < -0.39 is 5.97 Å². The smallest absolute Gasteiger partial charge is 0.309 e. The highest BCUT2D eigenvalue weighted by molar-refractivity contribution is 7.15. The maximum Gasteiger partial charge on any atom is 0.309 e. The maximum atomic E-state index is 10.9. The van der Waals surface area contributed by atoms with Gasteiger partial charge in [0.05, 0.1) is 12.1 Å². The molecule has 0 radical (unpaired) electrons. The molecular weight excluding hydrogens is 296 g/mol. The number of carboxylic acid groups (broad SMARTS) is 1. The normalized spacial score (nSPS) is 12.0. The zero-order chi connectivity index (χ0) is 15.9. The minimum absolute atomic E-state index is 0.0127. The third kappa shape index (κ3) is 2.76. The number of hydrogen-bond acceptors (Lipinski definition) is 3. The van der Waals surface area contributed by atoms with Gasteiger partial charge in [-0.05, 0) is 11.0 Å². The van der Waals surface area contributed by atoms with Crippen LogP contribution < -0.4 is 0 Å². The van der Waals surface area contributed by atoms with Crippen LogP contribution in [0.5, 0.6) is 0 Å². The van der Waals surface area contributed by atoms with E-state index >= 15 is 0 Å². The fourth-order valence-electron chi connectivity index (χ4n) is 2.39.